The maximum atomic E-state index is 14.3. The van der Waals surface area contributed by atoms with E-state index in [0.29, 0.717) is 18.4 Å². The van der Waals surface area contributed by atoms with Gasteiger partial charge in [-0.15, -0.1) is 0 Å². The summed E-state index contributed by atoms with van der Waals surface area (Å²) in [4.78, 5) is 24.3. The fraction of sp³-hybridized carbons (Fsp3) is 0.784. The number of hydrogen-bond donors (Lipinski definition) is 0. The van der Waals surface area contributed by atoms with Crippen LogP contribution in [0.15, 0.2) is 24.3 Å². The molecule has 7 heteroatoms. The normalized spacial score (nSPS) is 23.5. The average Bonchev–Trinajstić information content (AvgIpc) is 3.04. The van der Waals surface area contributed by atoms with Crippen LogP contribution >= 0.6 is 0 Å². The quantitative estimate of drug-likeness (QED) is 0.107. The van der Waals surface area contributed by atoms with Gasteiger partial charge in [-0.3, -0.25) is 0 Å². The van der Waals surface area contributed by atoms with Gasteiger partial charge in [0.2, 0.25) is 0 Å². The molecule has 1 aromatic carbocycles. The fourth-order valence-corrected chi connectivity index (χ4v) is 6.55. The van der Waals surface area contributed by atoms with Gasteiger partial charge < -0.3 is 14.2 Å². The van der Waals surface area contributed by atoms with Crippen LogP contribution in [0.25, 0.3) is 0 Å². The number of hydrogen-bond acceptors (Lipinski definition) is 5. The van der Waals surface area contributed by atoms with Crippen molar-refractivity contribution in [3.8, 4) is 5.75 Å². The number of unbranched alkanes of at least 4 members (excludes halogenated alkanes) is 8. The highest BCUT2D eigenvalue weighted by Gasteiger charge is 2.29. The monoisotopic (exact) mass is 620 g/mol. The zero-order chi connectivity index (χ0) is 31.6. The first kappa shape index (κ1) is 36.3. The van der Waals surface area contributed by atoms with Crippen LogP contribution in [-0.4, -0.2) is 43.1 Å². The smallest absolute Gasteiger partial charge is 0.340 e. The third-order valence-electron chi connectivity index (χ3n) is 9.50. The van der Waals surface area contributed by atoms with Gasteiger partial charge in [0.25, 0.3) is 0 Å². The van der Waals surface area contributed by atoms with E-state index < -0.39 is 24.3 Å². The number of carbonyl (C=O) groups excluding carboxylic acids is 2. The van der Waals surface area contributed by atoms with Gasteiger partial charge in [-0.05, 0) is 107 Å². The van der Waals surface area contributed by atoms with Crippen molar-refractivity contribution < 1.29 is 32.6 Å². The zero-order valence-corrected chi connectivity index (χ0v) is 27.4. The molecule has 0 N–H and O–H groups in total. The van der Waals surface area contributed by atoms with E-state index in [-0.39, 0.29) is 25.0 Å². The molecular formula is C37H58F2O5. The number of carbonyl (C=O) groups is 2. The van der Waals surface area contributed by atoms with E-state index in [9.17, 15) is 18.4 Å². The Bertz CT molecular complexity index is 922. The molecule has 0 aromatic heterocycles. The molecule has 2 aliphatic carbocycles. The molecule has 2 saturated carbocycles. The van der Waals surface area contributed by atoms with Gasteiger partial charge in [0.15, 0.2) is 12.3 Å². The largest absolute Gasteiger partial charge is 0.493 e. The summed E-state index contributed by atoms with van der Waals surface area (Å²) < 4.78 is 45.5. The summed E-state index contributed by atoms with van der Waals surface area (Å²) in [5.41, 5.74) is 1.26. The number of halogens is 2. The van der Waals surface area contributed by atoms with Gasteiger partial charge >= 0.3 is 11.9 Å². The molecule has 0 saturated heterocycles. The molecule has 0 heterocycles. The minimum absolute atomic E-state index is 0.183. The molecule has 2 atom stereocenters. The predicted octanol–water partition coefficient (Wildman–Crippen LogP) is 10.1. The Labute approximate surface area is 265 Å². The Morgan fingerprint density at radius 2 is 1.11 bits per heavy atom. The molecule has 44 heavy (non-hydrogen) atoms. The predicted molar refractivity (Wildman–Crippen MR) is 171 cm³/mol. The first-order chi connectivity index (χ1) is 21.4. The van der Waals surface area contributed by atoms with Crippen molar-refractivity contribution in [3.05, 3.63) is 29.8 Å². The average molecular weight is 621 g/mol. The van der Waals surface area contributed by atoms with Crippen LogP contribution in [0.5, 0.6) is 5.75 Å². The second-order valence-electron chi connectivity index (χ2n) is 13.2. The Hall–Kier alpha value is -2.18. The molecule has 0 radical (unpaired) electrons. The number of benzene rings is 1. The van der Waals surface area contributed by atoms with E-state index in [1.54, 1.807) is 0 Å². The van der Waals surface area contributed by atoms with Crippen molar-refractivity contribution >= 4 is 11.9 Å². The lowest BCUT2D eigenvalue weighted by atomic mass is 9.82. The van der Waals surface area contributed by atoms with E-state index in [4.69, 9.17) is 14.2 Å². The van der Waals surface area contributed by atoms with Crippen LogP contribution in [0, 0.1) is 5.92 Å². The summed E-state index contributed by atoms with van der Waals surface area (Å²) in [6.45, 7) is 4.91. The molecule has 0 aliphatic heterocycles. The van der Waals surface area contributed by atoms with Gasteiger partial charge in [-0.2, -0.15) is 0 Å². The van der Waals surface area contributed by atoms with E-state index in [1.165, 1.54) is 5.56 Å². The molecule has 2 aliphatic rings. The topological polar surface area (TPSA) is 61.8 Å². The highest BCUT2D eigenvalue weighted by atomic mass is 19.1. The molecule has 0 amide bonds. The van der Waals surface area contributed by atoms with Crippen LogP contribution in [-0.2, 0) is 19.1 Å². The molecule has 1 aromatic rings. The Morgan fingerprint density at radius 1 is 0.659 bits per heavy atom. The molecule has 5 nitrogen and oxygen atoms in total. The summed E-state index contributed by atoms with van der Waals surface area (Å²) in [5.74, 6) is 0.269. The standard InChI is InChI=1S/C37H58F2O5/c1-3-5-7-9-11-13-34(38)36(40)43-32-21-15-28(16-22-32)27-42-31-23-17-29(18-24-31)30-19-25-33(26-20-30)44-37(41)35(39)14-12-10-8-6-4-2/h17-18,23-24,28,30,32-35H,3-16,19-22,25-27H2,1-2H3/t28?,30?,32?,33?,34-,35-/m0/s1. The van der Waals surface area contributed by atoms with Crippen molar-refractivity contribution in [1.82, 2.24) is 0 Å². The number of alkyl halides is 2. The highest BCUT2D eigenvalue weighted by molar-refractivity contribution is 5.75. The first-order valence-electron chi connectivity index (χ1n) is 17.8. The summed E-state index contributed by atoms with van der Waals surface area (Å²) in [5, 5.41) is 0. The summed E-state index contributed by atoms with van der Waals surface area (Å²) in [6, 6.07) is 8.28. The van der Waals surface area contributed by atoms with Gasteiger partial charge in [0.1, 0.15) is 18.0 Å². The second kappa shape index (κ2) is 20.8. The maximum Gasteiger partial charge on any atom is 0.340 e. The van der Waals surface area contributed by atoms with Crippen molar-refractivity contribution in [2.75, 3.05) is 6.61 Å². The molecule has 250 valence electrons. The minimum atomic E-state index is -1.50. The van der Waals surface area contributed by atoms with Crippen LogP contribution in [0.4, 0.5) is 8.78 Å². The van der Waals surface area contributed by atoms with Crippen molar-refractivity contribution in [2.24, 2.45) is 5.92 Å². The van der Waals surface area contributed by atoms with E-state index >= 15 is 0 Å². The first-order valence-corrected chi connectivity index (χ1v) is 17.8. The van der Waals surface area contributed by atoms with Crippen molar-refractivity contribution in [3.63, 3.8) is 0 Å². The Morgan fingerprint density at radius 3 is 1.59 bits per heavy atom. The third kappa shape index (κ3) is 13.4. The fourth-order valence-electron chi connectivity index (χ4n) is 6.55. The van der Waals surface area contributed by atoms with Crippen molar-refractivity contribution in [1.29, 1.82) is 0 Å². The Kier molecular flexibility index (Phi) is 17.1. The van der Waals surface area contributed by atoms with Crippen LogP contribution in [0.3, 0.4) is 0 Å². The SMILES string of the molecule is CCCCCCC[C@H](F)C(=O)OC1CCC(COc2ccc(C3CCC(OC(=O)[C@@H](F)CCCCCCC)CC3)cc2)CC1. The lowest BCUT2D eigenvalue weighted by Gasteiger charge is -2.29. The molecule has 3 rings (SSSR count). The summed E-state index contributed by atoms with van der Waals surface area (Å²) in [6.07, 6.45) is 14.1. The highest BCUT2D eigenvalue weighted by Crippen LogP contribution is 2.35. The summed E-state index contributed by atoms with van der Waals surface area (Å²) >= 11 is 0. The molecule has 0 unspecified atom stereocenters. The van der Waals surface area contributed by atoms with Gasteiger partial charge in [-0.25, -0.2) is 18.4 Å². The molecular weight excluding hydrogens is 562 g/mol. The molecule has 0 spiro atoms. The maximum absolute atomic E-state index is 14.3. The molecule has 2 fully saturated rings. The van der Waals surface area contributed by atoms with E-state index in [0.717, 1.165) is 121 Å². The van der Waals surface area contributed by atoms with Crippen molar-refractivity contribution in [2.45, 2.75) is 173 Å². The van der Waals surface area contributed by atoms with Gasteiger partial charge in [0.05, 0.1) is 6.61 Å². The second-order valence-corrected chi connectivity index (χ2v) is 13.2. The van der Waals surface area contributed by atoms with Crippen LogP contribution in [0.1, 0.15) is 154 Å². The van der Waals surface area contributed by atoms with Crippen LogP contribution < -0.4 is 4.74 Å². The van der Waals surface area contributed by atoms with Gasteiger partial charge in [0, 0.05) is 0 Å². The number of esters is 2. The molecule has 0 bridgehead atoms. The van der Waals surface area contributed by atoms with E-state index in [2.05, 4.69) is 26.0 Å². The zero-order valence-electron chi connectivity index (χ0n) is 27.4. The number of ether oxygens (including phenoxy) is 3. The number of rotatable bonds is 20. The van der Waals surface area contributed by atoms with E-state index in [1.807, 2.05) is 12.1 Å². The van der Waals surface area contributed by atoms with Gasteiger partial charge in [-0.1, -0.05) is 77.3 Å². The summed E-state index contributed by atoms with van der Waals surface area (Å²) in [7, 11) is 0. The minimum Gasteiger partial charge on any atom is -0.493 e. The lowest BCUT2D eigenvalue weighted by Crippen LogP contribution is -2.30. The Balaban J connectivity index is 1.27. The van der Waals surface area contributed by atoms with Crippen LogP contribution in [0.2, 0.25) is 0 Å². The third-order valence-corrected chi connectivity index (χ3v) is 9.50. The lowest BCUT2D eigenvalue weighted by molar-refractivity contribution is -0.158.